The van der Waals surface area contributed by atoms with Crippen molar-refractivity contribution in [3.8, 4) is 0 Å². The fourth-order valence-corrected chi connectivity index (χ4v) is 3.35. The zero-order valence-electron chi connectivity index (χ0n) is 12.3. The van der Waals surface area contributed by atoms with E-state index in [1.165, 1.54) is 0 Å². The molecule has 0 aromatic carbocycles. The monoisotopic (exact) mass is 294 g/mol. The van der Waals surface area contributed by atoms with Gasteiger partial charge in [0.15, 0.2) is 0 Å². The Labute approximate surface area is 124 Å². The lowest BCUT2D eigenvalue weighted by atomic mass is 10.0. The normalized spacial score (nSPS) is 21.8. The molecule has 0 bridgehead atoms. The zero-order valence-corrected chi connectivity index (χ0v) is 13.1. The summed E-state index contributed by atoms with van der Waals surface area (Å²) in [5.41, 5.74) is 0. The fraction of sp³-hybridized carbons (Fsp3) is 0.600. The van der Waals surface area contributed by atoms with Gasteiger partial charge in [-0.1, -0.05) is 19.9 Å². The van der Waals surface area contributed by atoms with Crippen molar-refractivity contribution in [1.29, 1.82) is 0 Å². The Morgan fingerprint density at radius 2 is 2.15 bits per heavy atom. The molecule has 110 valence electrons. The molecule has 1 aromatic heterocycles. The van der Waals surface area contributed by atoms with Crippen molar-refractivity contribution in [2.24, 2.45) is 5.92 Å². The summed E-state index contributed by atoms with van der Waals surface area (Å²) in [7, 11) is 0. The molecule has 20 heavy (non-hydrogen) atoms. The number of carbonyl (C=O) groups is 2. The van der Waals surface area contributed by atoms with Gasteiger partial charge in [-0.15, -0.1) is 11.3 Å². The van der Waals surface area contributed by atoms with Crippen LogP contribution in [-0.2, 0) is 9.59 Å². The average Bonchev–Trinajstić information content (AvgIpc) is 2.86. The first-order valence-electron chi connectivity index (χ1n) is 7.12. The van der Waals surface area contributed by atoms with E-state index in [4.69, 9.17) is 0 Å². The highest BCUT2D eigenvalue weighted by Gasteiger charge is 2.33. The quantitative estimate of drug-likeness (QED) is 0.928. The summed E-state index contributed by atoms with van der Waals surface area (Å²) in [5.74, 6) is 0.400. The second-order valence-corrected chi connectivity index (χ2v) is 6.70. The first-order chi connectivity index (χ1) is 9.49. The molecular weight excluding hydrogens is 272 g/mol. The fourth-order valence-electron chi connectivity index (χ4n) is 2.56. The van der Waals surface area contributed by atoms with E-state index in [9.17, 15) is 9.59 Å². The van der Waals surface area contributed by atoms with Crippen molar-refractivity contribution >= 4 is 23.2 Å². The highest BCUT2D eigenvalue weighted by atomic mass is 32.1. The molecule has 0 saturated carbocycles. The van der Waals surface area contributed by atoms with E-state index in [-0.39, 0.29) is 23.9 Å². The summed E-state index contributed by atoms with van der Waals surface area (Å²) in [4.78, 5) is 27.5. The van der Waals surface area contributed by atoms with Crippen molar-refractivity contribution in [3.05, 3.63) is 22.4 Å². The van der Waals surface area contributed by atoms with Crippen LogP contribution in [0, 0.1) is 5.92 Å². The van der Waals surface area contributed by atoms with Crippen molar-refractivity contribution in [2.45, 2.75) is 45.7 Å². The molecular formula is C15H22N2O2S. The number of thiophene rings is 1. The van der Waals surface area contributed by atoms with Crippen molar-refractivity contribution in [1.82, 2.24) is 10.2 Å². The molecule has 1 aliphatic rings. The lowest BCUT2D eigenvalue weighted by molar-refractivity contribution is -0.135. The zero-order chi connectivity index (χ0) is 14.7. The van der Waals surface area contributed by atoms with Gasteiger partial charge in [0.05, 0.1) is 6.04 Å². The Kier molecular flexibility index (Phi) is 4.81. The minimum Gasteiger partial charge on any atom is -0.344 e. The van der Waals surface area contributed by atoms with Gasteiger partial charge in [0.25, 0.3) is 0 Å². The molecule has 4 nitrogen and oxygen atoms in total. The Morgan fingerprint density at radius 3 is 2.75 bits per heavy atom. The van der Waals surface area contributed by atoms with Crippen molar-refractivity contribution < 1.29 is 9.59 Å². The Hall–Kier alpha value is -1.36. The van der Waals surface area contributed by atoms with E-state index in [0.29, 0.717) is 25.3 Å². The minimum absolute atomic E-state index is 0.0233. The van der Waals surface area contributed by atoms with Crippen LogP contribution in [0.3, 0.4) is 0 Å². The number of hydrogen-bond donors (Lipinski definition) is 1. The minimum atomic E-state index is -0.382. The maximum atomic E-state index is 12.7. The Bertz CT molecular complexity index is 470. The van der Waals surface area contributed by atoms with Crippen LogP contribution in [0.25, 0.3) is 0 Å². The SMILES string of the molecule is CC(C)CC1NC(=O)CCN(C(C)c2cccs2)C1=O. The van der Waals surface area contributed by atoms with E-state index < -0.39 is 0 Å². The molecule has 5 heteroatoms. The maximum Gasteiger partial charge on any atom is 0.245 e. The molecule has 2 atom stereocenters. The smallest absolute Gasteiger partial charge is 0.245 e. The lowest BCUT2D eigenvalue weighted by Crippen LogP contribution is -2.46. The Balaban J connectivity index is 2.18. The molecule has 1 N–H and O–H groups in total. The number of nitrogens with one attached hydrogen (secondary N) is 1. The van der Waals surface area contributed by atoms with Crippen molar-refractivity contribution in [2.75, 3.05) is 6.54 Å². The van der Waals surface area contributed by atoms with Crippen LogP contribution in [0.2, 0.25) is 0 Å². The molecule has 2 amide bonds. The predicted octanol–water partition coefficient (Wildman–Crippen LogP) is 2.57. The summed E-state index contributed by atoms with van der Waals surface area (Å²) in [6.45, 7) is 6.67. The van der Waals surface area contributed by atoms with Gasteiger partial charge in [-0.05, 0) is 30.7 Å². The lowest BCUT2D eigenvalue weighted by Gasteiger charge is -2.30. The molecule has 1 aliphatic heterocycles. The summed E-state index contributed by atoms with van der Waals surface area (Å²) >= 11 is 1.65. The largest absolute Gasteiger partial charge is 0.344 e. The van der Waals surface area contributed by atoms with Gasteiger partial charge in [0, 0.05) is 17.8 Å². The molecule has 0 spiro atoms. The van der Waals surface area contributed by atoms with Crippen LogP contribution in [-0.4, -0.2) is 29.3 Å². The van der Waals surface area contributed by atoms with E-state index >= 15 is 0 Å². The molecule has 0 radical (unpaired) electrons. The Morgan fingerprint density at radius 1 is 1.40 bits per heavy atom. The number of nitrogens with zero attached hydrogens (tertiary/aromatic N) is 1. The van der Waals surface area contributed by atoms with Gasteiger partial charge < -0.3 is 10.2 Å². The first kappa shape index (κ1) is 15.0. The highest BCUT2D eigenvalue weighted by molar-refractivity contribution is 7.10. The van der Waals surface area contributed by atoms with E-state index in [1.807, 2.05) is 29.3 Å². The van der Waals surface area contributed by atoms with Gasteiger partial charge in [0.1, 0.15) is 6.04 Å². The van der Waals surface area contributed by atoms with Gasteiger partial charge >= 0.3 is 0 Å². The van der Waals surface area contributed by atoms with E-state index in [2.05, 4.69) is 19.2 Å². The van der Waals surface area contributed by atoms with E-state index in [0.717, 1.165) is 4.88 Å². The highest BCUT2D eigenvalue weighted by Crippen LogP contribution is 2.27. The third kappa shape index (κ3) is 3.39. The third-order valence-corrected chi connectivity index (χ3v) is 4.67. The van der Waals surface area contributed by atoms with E-state index in [1.54, 1.807) is 11.3 Å². The second kappa shape index (κ2) is 6.39. The standard InChI is InChI=1S/C15H22N2O2S/c1-10(2)9-12-15(19)17(7-6-14(18)16-12)11(3)13-5-4-8-20-13/h4-5,8,10-12H,6-7,9H2,1-3H3,(H,16,18). The van der Waals surface area contributed by atoms with Crippen LogP contribution in [0.4, 0.5) is 0 Å². The summed E-state index contributed by atoms with van der Waals surface area (Å²) in [6.07, 6.45) is 1.08. The number of hydrogen-bond acceptors (Lipinski definition) is 3. The molecule has 2 unspecified atom stereocenters. The summed E-state index contributed by atoms with van der Waals surface area (Å²) < 4.78 is 0. The van der Waals surface area contributed by atoms with Gasteiger partial charge in [-0.2, -0.15) is 0 Å². The molecule has 2 heterocycles. The van der Waals surface area contributed by atoms with Gasteiger partial charge in [-0.3, -0.25) is 9.59 Å². The first-order valence-corrected chi connectivity index (χ1v) is 8.00. The van der Waals surface area contributed by atoms with Crippen LogP contribution in [0.1, 0.15) is 44.5 Å². The molecule has 2 rings (SSSR count). The number of rotatable bonds is 4. The summed E-state index contributed by atoms with van der Waals surface area (Å²) in [5, 5.41) is 4.88. The van der Waals surface area contributed by atoms with Gasteiger partial charge in [-0.25, -0.2) is 0 Å². The number of carbonyl (C=O) groups excluding carboxylic acids is 2. The third-order valence-electron chi connectivity index (χ3n) is 3.63. The predicted molar refractivity (Wildman–Crippen MR) is 80.4 cm³/mol. The number of amides is 2. The summed E-state index contributed by atoms with van der Waals surface area (Å²) in [6, 6.07) is 3.69. The molecule has 1 saturated heterocycles. The topological polar surface area (TPSA) is 49.4 Å². The molecule has 1 fully saturated rings. The average molecular weight is 294 g/mol. The van der Waals surface area contributed by atoms with Crippen LogP contribution < -0.4 is 5.32 Å². The van der Waals surface area contributed by atoms with Gasteiger partial charge in [0.2, 0.25) is 11.8 Å². The van der Waals surface area contributed by atoms with Crippen LogP contribution in [0.15, 0.2) is 17.5 Å². The van der Waals surface area contributed by atoms with Crippen LogP contribution >= 0.6 is 11.3 Å². The maximum absolute atomic E-state index is 12.7. The van der Waals surface area contributed by atoms with Crippen molar-refractivity contribution in [3.63, 3.8) is 0 Å². The second-order valence-electron chi connectivity index (χ2n) is 5.72. The molecule has 1 aromatic rings. The molecule has 0 aliphatic carbocycles. The van der Waals surface area contributed by atoms with Crippen LogP contribution in [0.5, 0.6) is 0 Å².